The van der Waals surface area contributed by atoms with Crippen LogP contribution in [0, 0.1) is 74.1 Å². The van der Waals surface area contributed by atoms with E-state index >= 15 is 0 Å². The molecule has 0 radical (unpaired) electrons. The second-order valence-corrected chi connectivity index (χ2v) is 91.5. The molecule has 23 heteroatoms. The molecule has 4 rings (SSSR count). The first-order chi connectivity index (χ1) is 38.1. The van der Waals surface area contributed by atoms with Crippen LogP contribution in [0.2, 0.25) is 236 Å². The Kier molecular flexibility index (Phi) is 53.7. The van der Waals surface area contributed by atoms with Crippen LogP contribution in [0.15, 0.2) is 121 Å². The van der Waals surface area contributed by atoms with Crippen molar-refractivity contribution in [2.45, 2.75) is 250 Å². The number of nitrogens with zero attached hydrogens (tertiary/aromatic N) is 7. The Hall–Kier alpha value is 0.861. The first-order valence-electron chi connectivity index (χ1n) is 31.7. The van der Waals surface area contributed by atoms with E-state index < -0.39 is 105 Å². The fourth-order valence-corrected chi connectivity index (χ4v) is 58.7. The molecule has 0 fully saturated rings. The molecule has 0 amide bonds. The van der Waals surface area contributed by atoms with Crippen molar-refractivity contribution in [3.63, 3.8) is 0 Å². The summed E-state index contributed by atoms with van der Waals surface area (Å²) in [6.45, 7) is 93.1. The normalized spacial score (nSPS) is 12.3. The summed E-state index contributed by atoms with van der Waals surface area (Å²) >= 11 is 0. The molecule has 88 heavy (non-hydrogen) atoms. The number of rotatable bonds is 18. The summed E-state index contributed by atoms with van der Waals surface area (Å²) in [5.41, 5.74) is 5.36. The van der Waals surface area contributed by atoms with Crippen LogP contribution < -0.4 is 21.9 Å². The first-order valence-corrected chi connectivity index (χ1v) is 73.1. The first kappa shape index (κ1) is 102. The molecule has 0 aliphatic carbocycles. The van der Waals surface area contributed by atoms with E-state index in [9.17, 15) is 0 Å². The maximum atomic E-state index is 6.25. The van der Waals surface area contributed by atoms with Gasteiger partial charge in [0.2, 0.25) is 0 Å². The quantitative estimate of drug-likeness (QED) is 0.0729. The summed E-state index contributed by atoms with van der Waals surface area (Å²) in [4.78, 5) is 0. The van der Waals surface area contributed by atoms with Crippen LogP contribution in [0.3, 0.4) is 0 Å². The van der Waals surface area contributed by atoms with Crippen molar-refractivity contribution in [3.8, 4) is 0 Å². The van der Waals surface area contributed by atoms with Crippen LogP contribution in [0.5, 0.6) is 0 Å². The number of hydrogen-bond acceptors (Lipinski definition) is 2. The van der Waals surface area contributed by atoms with Gasteiger partial charge in [-0.1, -0.05) is 456 Å². The summed E-state index contributed by atoms with van der Waals surface area (Å²) in [7, 11) is -13.3. The van der Waals surface area contributed by atoms with Crippen molar-refractivity contribution in [2.24, 2.45) is 0 Å². The fraction of sp³-hybridized carbons (Fsp3) is 0.615. The minimum Gasteiger partial charge on any atom is -0.668 e. The Morgan fingerprint density at radius 1 is 0.250 bits per heavy atom. The smallest absolute Gasteiger partial charge is 0.668 e. The van der Waals surface area contributed by atoms with Gasteiger partial charge in [-0.3, -0.25) is 0 Å². The van der Waals surface area contributed by atoms with E-state index in [1.165, 1.54) is 21.9 Å². The predicted octanol–water partition coefficient (Wildman–Crippen LogP) is 22.4. The molecule has 0 bridgehead atoms. The molecule has 0 unspecified atom stereocenters. The van der Waals surface area contributed by atoms with Crippen molar-refractivity contribution >= 4 is 127 Å². The molecule has 0 aliphatic heterocycles. The minimum atomic E-state index is -1.22. The molecule has 0 saturated heterocycles. The molecule has 0 atom stereocenters. The summed E-state index contributed by atoms with van der Waals surface area (Å²) in [6.07, 6.45) is -1.22. The molecule has 0 aliphatic rings. The molecule has 498 valence electrons. The third-order valence-electron chi connectivity index (χ3n) is 9.63. The predicted molar refractivity (Wildman–Crippen MR) is 437 cm³/mol. The molecular weight excluding hydrogens is 1720 g/mol. The monoisotopic (exact) mass is 1860 g/mol. The van der Waals surface area contributed by atoms with E-state index in [2.05, 4.69) is 357 Å². The van der Waals surface area contributed by atoms with Gasteiger partial charge < -0.3 is 44.5 Å². The van der Waals surface area contributed by atoms with Crippen LogP contribution in [0.4, 0.5) is 0 Å². The fourth-order valence-electron chi connectivity index (χ4n) is 10.4. The molecule has 0 aromatic heterocycles. The van der Waals surface area contributed by atoms with Gasteiger partial charge in [0, 0.05) is 13.2 Å². The summed E-state index contributed by atoms with van der Waals surface area (Å²) in [5, 5.41) is 6.25. The van der Waals surface area contributed by atoms with Gasteiger partial charge in [0.25, 0.3) is 0 Å². The van der Waals surface area contributed by atoms with Gasteiger partial charge in [0.15, 0.2) is 0 Å². The van der Waals surface area contributed by atoms with Crippen molar-refractivity contribution in [3.05, 3.63) is 156 Å². The van der Waals surface area contributed by atoms with Crippen molar-refractivity contribution in [1.82, 2.24) is 0 Å². The van der Waals surface area contributed by atoms with Gasteiger partial charge in [-0.2, -0.15) is 21.9 Å². The third-order valence-corrected chi connectivity index (χ3v) is 41.8. The number of benzene rings is 4. The Morgan fingerprint density at radius 3 is 0.409 bits per heavy atom. The van der Waals surface area contributed by atoms with Crippen molar-refractivity contribution < 1.29 is 67.0 Å². The Bertz CT molecular complexity index is 1870. The summed E-state index contributed by atoms with van der Waals surface area (Å²) < 4.78 is 33.8. The molecule has 0 heterocycles. The van der Waals surface area contributed by atoms with Gasteiger partial charge in [-0.05, 0) is 13.8 Å². The molecule has 0 spiro atoms. The van der Waals surface area contributed by atoms with E-state index in [1.807, 2.05) is 13.8 Å². The Balaban J connectivity index is -0.000000180. The zero-order valence-corrected chi connectivity index (χ0v) is 84.9. The molecule has 0 N–H and O–H groups in total. The number of ether oxygens (including phenoxy) is 1. The van der Waals surface area contributed by atoms with Gasteiger partial charge in [-0.25, -0.2) is 0 Å². The van der Waals surface area contributed by atoms with Gasteiger partial charge in [0.05, 0.1) is 0 Å². The van der Waals surface area contributed by atoms with E-state index in [1.54, 1.807) is 0 Å². The topological polar surface area (TPSA) is 118 Å². The third kappa shape index (κ3) is 71.2. The molecule has 4 aromatic carbocycles. The van der Waals surface area contributed by atoms with Crippen molar-refractivity contribution in [2.75, 3.05) is 13.2 Å². The van der Waals surface area contributed by atoms with Crippen LogP contribution in [-0.2, 0) is 4.74 Å². The van der Waals surface area contributed by atoms with Crippen LogP contribution >= 0.6 is 0 Å². The largest absolute Gasteiger partial charge is 4.00 e. The van der Waals surface area contributed by atoms with Gasteiger partial charge in [-0.15, -0.1) is 0 Å². The van der Waals surface area contributed by atoms with Crippen LogP contribution in [0.1, 0.15) is 13.8 Å². The average Bonchev–Trinajstić information content (AvgIpc) is 3.23. The van der Waals surface area contributed by atoms with Gasteiger partial charge in [0.1, 0.15) is 6.15 Å². The number of hydrogen-bond donors (Lipinski definition) is 0. The minimum absolute atomic E-state index is 0. The van der Waals surface area contributed by atoms with E-state index in [0.29, 0.717) is 0 Å². The zero-order valence-electron chi connectivity index (χ0n) is 64.6. The second kappa shape index (κ2) is 46.1. The van der Waals surface area contributed by atoms with Gasteiger partial charge >= 0.3 is 62.2 Å². The van der Waals surface area contributed by atoms with E-state index in [-0.39, 0.29) is 62.2 Å². The van der Waals surface area contributed by atoms with Crippen LogP contribution in [0.25, 0.3) is 27.9 Å². The maximum Gasteiger partial charge on any atom is 4.00 e. The molecule has 8 nitrogen and oxygen atoms in total. The van der Waals surface area contributed by atoms with E-state index in [0.717, 1.165) is 13.2 Å². The Morgan fingerprint density at radius 2 is 0.352 bits per heavy atom. The average molecular weight is 1860 g/mol. The van der Waals surface area contributed by atoms with E-state index in [4.69, 9.17) is 44.5 Å². The van der Waals surface area contributed by atoms with Crippen molar-refractivity contribution in [1.29, 1.82) is 5.26 Å². The second-order valence-electron chi connectivity index (χ2n) is 34.0. The summed E-state index contributed by atoms with van der Waals surface area (Å²) in [6, 6.07) is 43.5. The maximum absolute atomic E-state index is 6.25. The molecular formula is C65H138BN7OSi12U2. The summed E-state index contributed by atoms with van der Waals surface area (Å²) in [5.74, 6) is 0. The molecule has 0 saturated carbocycles. The molecule has 4 aromatic rings. The zero-order chi connectivity index (χ0) is 69.3. The Labute approximate surface area is 610 Å². The van der Waals surface area contributed by atoms with Crippen LogP contribution in [-0.4, -0.2) is 118 Å². The SMILES string of the molecule is CCOCC.C[Si](C)(C)[N-][Si](C)(C)C.C[Si](C)(C)[N-][Si](C)(C)C.C[Si](C)(C)[N-][Si](C)(C)C.C[Si](C)(C)[N-][Si](C)(C)C.C[Si](C)(C)[N-][Si](C)(C)C.C[Si](C)(C)[N-][Si](C)(C)C.[C-]#N.[U+4].[U+4].c1ccc([B-](c2ccccc2)(c2ccccc2)c2ccccc2)cc1. The standard InChI is InChI=1S/C24H20B.6C6H18NSi2.C4H10O.CN.2U/c1-5-13-21(14-6-1)25(22-15-7-2-8-16-22,23-17-9-3-10-18-23)24-19-11-4-12-20-24;6*1-8(2,3)7-9(4,5)6;1-3-5-4-2;1-2;;/h1-20H;6*1-6H3;3-4H2,1-2H3;;;/q7*-1;;-1;2*+4.